The van der Waals surface area contributed by atoms with Crippen molar-refractivity contribution in [2.75, 3.05) is 11.9 Å². The van der Waals surface area contributed by atoms with Gasteiger partial charge < -0.3 is 10.1 Å². The number of benzene rings is 1. The summed E-state index contributed by atoms with van der Waals surface area (Å²) in [6.45, 7) is 11.5. The molecule has 4 rings (SSSR count). The highest BCUT2D eigenvalue weighted by Crippen LogP contribution is 2.51. The fraction of sp³-hybridized carbons (Fsp3) is 0.409. The minimum atomic E-state index is -0.337. The average molecular weight is 395 g/mol. The SMILES string of the molecule is Cc1cc(Nc2nccc(C)n2)cc(-c2cnc(C3(C)OCCC3(C)C)s2)c1. The minimum absolute atomic E-state index is 0.0734. The lowest BCUT2D eigenvalue weighted by Crippen LogP contribution is -2.35. The molecular weight excluding hydrogens is 368 g/mol. The van der Waals surface area contributed by atoms with Crippen LogP contribution in [-0.4, -0.2) is 21.6 Å². The predicted molar refractivity (Wildman–Crippen MR) is 114 cm³/mol. The van der Waals surface area contributed by atoms with E-state index < -0.39 is 0 Å². The van der Waals surface area contributed by atoms with Crippen molar-refractivity contribution in [2.45, 2.75) is 46.6 Å². The number of nitrogens with one attached hydrogen (secondary N) is 1. The Morgan fingerprint density at radius 2 is 1.93 bits per heavy atom. The van der Waals surface area contributed by atoms with Crippen molar-refractivity contribution >= 4 is 23.0 Å². The molecule has 0 aliphatic carbocycles. The molecule has 1 fully saturated rings. The fourth-order valence-corrected chi connectivity index (χ4v) is 4.74. The van der Waals surface area contributed by atoms with Gasteiger partial charge in [0.2, 0.25) is 5.95 Å². The first kappa shape index (κ1) is 19.0. The number of aromatic nitrogens is 3. The van der Waals surface area contributed by atoms with E-state index in [-0.39, 0.29) is 11.0 Å². The van der Waals surface area contributed by atoms with Crippen LogP contribution in [0, 0.1) is 19.3 Å². The molecule has 0 bridgehead atoms. The molecule has 1 unspecified atom stereocenters. The van der Waals surface area contributed by atoms with Crippen molar-refractivity contribution in [1.29, 1.82) is 0 Å². The number of thiazole rings is 1. The second-order valence-corrected chi connectivity index (χ2v) is 9.31. The monoisotopic (exact) mass is 394 g/mol. The van der Waals surface area contributed by atoms with Gasteiger partial charge in [0.1, 0.15) is 10.6 Å². The minimum Gasteiger partial charge on any atom is -0.368 e. The lowest BCUT2D eigenvalue weighted by Gasteiger charge is -2.34. The van der Waals surface area contributed by atoms with Gasteiger partial charge in [0.25, 0.3) is 0 Å². The van der Waals surface area contributed by atoms with Gasteiger partial charge in [-0.3, -0.25) is 0 Å². The molecule has 0 saturated carbocycles. The number of hydrogen-bond acceptors (Lipinski definition) is 6. The number of hydrogen-bond donors (Lipinski definition) is 1. The molecule has 2 aromatic heterocycles. The van der Waals surface area contributed by atoms with Crippen LogP contribution in [-0.2, 0) is 10.3 Å². The van der Waals surface area contributed by atoms with Crippen LogP contribution in [0.25, 0.3) is 10.4 Å². The molecule has 0 radical (unpaired) electrons. The van der Waals surface area contributed by atoms with Gasteiger partial charge in [-0.05, 0) is 56.5 Å². The molecule has 0 amide bonds. The van der Waals surface area contributed by atoms with Crippen molar-refractivity contribution in [1.82, 2.24) is 15.0 Å². The molecule has 3 aromatic rings. The molecule has 5 nitrogen and oxygen atoms in total. The highest BCUT2D eigenvalue weighted by atomic mass is 32.1. The summed E-state index contributed by atoms with van der Waals surface area (Å²) >= 11 is 1.72. The Hall–Kier alpha value is -2.31. The van der Waals surface area contributed by atoms with Gasteiger partial charge in [-0.25, -0.2) is 15.0 Å². The van der Waals surface area contributed by atoms with Crippen molar-refractivity contribution in [3.8, 4) is 10.4 Å². The largest absolute Gasteiger partial charge is 0.368 e. The quantitative estimate of drug-likeness (QED) is 0.622. The van der Waals surface area contributed by atoms with E-state index >= 15 is 0 Å². The Balaban J connectivity index is 1.65. The van der Waals surface area contributed by atoms with Crippen molar-refractivity contribution in [3.63, 3.8) is 0 Å². The maximum Gasteiger partial charge on any atom is 0.227 e. The average Bonchev–Trinajstić information content (AvgIpc) is 3.20. The highest BCUT2D eigenvalue weighted by Gasteiger charge is 2.49. The van der Waals surface area contributed by atoms with Crippen LogP contribution in [0.4, 0.5) is 11.6 Å². The maximum atomic E-state index is 6.15. The van der Waals surface area contributed by atoms with E-state index in [1.807, 2.05) is 19.2 Å². The number of nitrogens with zero attached hydrogens (tertiary/aromatic N) is 3. The van der Waals surface area contributed by atoms with Crippen molar-refractivity contribution in [3.05, 3.63) is 52.9 Å². The molecule has 1 aromatic carbocycles. The Morgan fingerprint density at radius 3 is 2.64 bits per heavy atom. The van der Waals surface area contributed by atoms with Crippen molar-refractivity contribution in [2.24, 2.45) is 5.41 Å². The van der Waals surface area contributed by atoms with Crippen LogP contribution >= 0.6 is 11.3 Å². The van der Waals surface area contributed by atoms with Gasteiger partial charge in [0.05, 0.1) is 4.88 Å². The number of ether oxygens (including phenoxy) is 1. The van der Waals surface area contributed by atoms with Crippen LogP contribution in [0.1, 0.15) is 43.5 Å². The Morgan fingerprint density at radius 1 is 1.11 bits per heavy atom. The standard InChI is InChI=1S/C22H26N4OS/c1-14-10-16(12-17(11-14)26-20-23-8-6-15(2)25-20)18-13-24-19(28-18)22(5)21(3,4)7-9-27-22/h6,8,10-13H,7,9H2,1-5H3,(H,23,25,26). The zero-order valence-electron chi connectivity index (χ0n) is 17.0. The molecule has 1 atom stereocenters. The molecule has 1 saturated heterocycles. The predicted octanol–water partition coefficient (Wildman–Crippen LogP) is 5.62. The van der Waals surface area contributed by atoms with Crippen LogP contribution in [0.15, 0.2) is 36.7 Å². The van der Waals surface area contributed by atoms with Crippen LogP contribution in [0.5, 0.6) is 0 Å². The van der Waals surface area contributed by atoms with Gasteiger partial charge in [0, 0.05) is 35.8 Å². The number of rotatable bonds is 4. The fourth-order valence-electron chi connectivity index (χ4n) is 3.56. The summed E-state index contributed by atoms with van der Waals surface area (Å²) in [6.07, 6.45) is 4.78. The summed E-state index contributed by atoms with van der Waals surface area (Å²) in [5, 5.41) is 4.36. The third kappa shape index (κ3) is 3.42. The van der Waals surface area contributed by atoms with Crippen LogP contribution in [0.2, 0.25) is 0 Å². The second-order valence-electron chi connectivity index (χ2n) is 8.28. The van der Waals surface area contributed by atoms with E-state index in [1.165, 1.54) is 5.56 Å². The first-order valence-electron chi connectivity index (χ1n) is 9.56. The molecule has 1 aliphatic heterocycles. The Kier molecular flexibility index (Phi) is 4.71. The lowest BCUT2D eigenvalue weighted by molar-refractivity contribution is -0.0404. The van der Waals surface area contributed by atoms with Gasteiger partial charge in [-0.15, -0.1) is 11.3 Å². The number of anilines is 2. The smallest absolute Gasteiger partial charge is 0.227 e. The Labute approximate surface area is 170 Å². The summed E-state index contributed by atoms with van der Waals surface area (Å²) in [7, 11) is 0. The third-order valence-corrected chi connectivity index (χ3v) is 6.99. The normalized spacial score (nSPS) is 21.0. The first-order valence-corrected chi connectivity index (χ1v) is 10.4. The lowest BCUT2D eigenvalue weighted by atomic mass is 9.76. The summed E-state index contributed by atoms with van der Waals surface area (Å²) < 4.78 is 6.15. The Bertz CT molecular complexity index is 1010. The summed E-state index contributed by atoms with van der Waals surface area (Å²) in [5.74, 6) is 0.607. The molecule has 28 heavy (non-hydrogen) atoms. The highest BCUT2D eigenvalue weighted by molar-refractivity contribution is 7.15. The first-order chi connectivity index (χ1) is 13.3. The summed E-state index contributed by atoms with van der Waals surface area (Å²) in [5.41, 5.74) is 3.95. The van der Waals surface area contributed by atoms with E-state index in [0.29, 0.717) is 5.95 Å². The van der Waals surface area contributed by atoms with Gasteiger partial charge in [0.15, 0.2) is 0 Å². The molecule has 1 N–H and O–H groups in total. The summed E-state index contributed by atoms with van der Waals surface area (Å²) in [6, 6.07) is 8.29. The molecule has 3 heterocycles. The van der Waals surface area contributed by atoms with E-state index in [4.69, 9.17) is 9.72 Å². The van der Waals surface area contributed by atoms with Gasteiger partial charge in [-0.1, -0.05) is 19.9 Å². The number of aryl methyl sites for hydroxylation is 2. The van der Waals surface area contributed by atoms with E-state index in [2.05, 4.69) is 61.2 Å². The van der Waals surface area contributed by atoms with Gasteiger partial charge >= 0.3 is 0 Å². The summed E-state index contributed by atoms with van der Waals surface area (Å²) in [4.78, 5) is 14.6. The van der Waals surface area contributed by atoms with Crippen LogP contribution in [0.3, 0.4) is 0 Å². The molecule has 1 aliphatic rings. The maximum absolute atomic E-state index is 6.15. The molecule has 6 heteroatoms. The van der Waals surface area contributed by atoms with Gasteiger partial charge in [-0.2, -0.15) is 0 Å². The van der Waals surface area contributed by atoms with E-state index in [0.717, 1.165) is 39.9 Å². The molecular formula is C22H26N4OS. The third-order valence-electron chi connectivity index (χ3n) is 5.74. The second kappa shape index (κ2) is 6.94. The van der Waals surface area contributed by atoms with E-state index in [1.54, 1.807) is 17.5 Å². The molecule has 146 valence electrons. The zero-order chi connectivity index (χ0) is 19.9. The van der Waals surface area contributed by atoms with E-state index in [9.17, 15) is 0 Å². The topological polar surface area (TPSA) is 59.9 Å². The van der Waals surface area contributed by atoms with Crippen LogP contribution < -0.4 is 5.32 Å². The van der Waals surface area contributed by atoms with Crippen molar-refractivity contribution < 1.29 is 4.74 Å². The zero-order valence-corrected chi connectivity index (χ0v) is 17.9. The molecule has 0 spiro atoms.